The summed E-state index contributed by atoms with van der Waals surface area (Å²) in [6.07, 6.45) is 2.29. The number of nitrogens with one attached hydrogen (secondary N) is 1. The standard InChI is InChI=1S/C14H15F2NO/c1-8-7-17-4-2-10(8)12-13(16)11(15)6-9-3-5-18-14(9)12/h3,5-6,8,10,17H,2,4,7H2,1H3/t8-,10+/m1/s1. The van der Waals surface area contributed by atoms with Gasteiger partial charge in [-0.3, -0.25) is 0 Å². The first-order valence-corrected chi connectivity index (χ1v) is 6.24. The van der Waals surface area contributed by atoms with E-state index in [0.717, 1.165) is 19.5 Å². The van der Waals surface area contributed by atoms with Crippen LogP contribution in [0, 0.1) is 17.6 Å². The highest BCUT2D eigenvalue weighted by atomic mass is 19.2. The van der Waals surface area contributed by atoms with Crippen molar-refractivity contribution in [3.8, 4) is 0 Å². The molecule has 0 aliphatic carbocycles. The molecule has 0 spiro atoms. The van der Waals surface area contributed by atoms with E-state index in [0.29, 0.717) is 16.5 Å². The molecule has 0 bridgehead atoms. The van der Waals surface area contributed by atoms with Gasteiger partial charge in [0.1, 0.15) is 5.58 Å². The zero-order valence-electron chi connectivity index (χ0n) is 10.2. The average Bonchev–Trinajstić information content (AvgIpc) is 2.80. The summed E-state index contributed by atoms with van der Waals surface area (Å²) in [5.41, 5.74) is 0.900. The van der Waals surface area contributed by atoms with Crippen LogP contribution < -0.4 is 5.32 Å². The molecular formula is C14H15F2NO. The molecule has 1 aromatic heterocycles. The van der Waals surface area contributed by atoms with Crippen LogP contribution in [0.5, 0.6) is 0 Å². The fourth-order valence-corrected chi connectivity index (χ4v) is 2.85. The predicted octanol–water partition coefficient (Wildman–Crippen LogP) is 3.42. The highest BCUT2D eigenvalue weighted by Crippen LogP contribution is 2.37. The Morgan fingerprint density at radius 2 is 2.22 bits per heavy atom. The van der Waals surface area contributed by atoms with Crippen molar-refractivity contribution in [1.82, 2.24) is 5.32 Å². The lowest BCUT2D eigenvalue weighted by atomic mass is 9.81. The van der Waals surface area contributed by atoms with E-state index in [4.69, 9.17) is 4.42 Å². The van der Waals surface area contributed by atoms with Gasteiger partial charge >= 0.3 is 0 Å². The summed E-state index contributed by atoms with van der Waals surface area (Å²) in [5, 5.41) is 3.90. The normalized spacial score (nSPS) is 24.6. The van der Waals surface area contributed by atoms with Crippen molar-refractivity contribution in [2.75, 3.05) is 13.1 Å². The van der Waals surface area contributed by atoms with Crippen molar-refractivity contribution in [2.45, 2.75) is 19.3 Å². The Bertz CT molecular complexity index is 578. The Kier molecular flexibility index (Phi) is 2.82. The van der Waals surface area contributed by atoms with Crippen LogP contribution in [0.15, 0.2) is 22.8 Å². The molecule has 4 heteroatoms. The van der Waals surface area contributed by atoms with E-state index in [2.05, 4.69) is 12.2 Å². The van der Waals surface area contributed by atoms with Crippen molar-refractivity contribution >= 4 is 11.0 Å². The molecule has 2 atom stereocenters. The summed E-state index contributed by atoms with van der Waals surface area (Å²) < 4.78 is 33.1. The van der Waals surface area contributed by atoms with Crippen LogP contribution in [-0.2, 0) is 0 Å². The van der Waals surface area contributed by atoms with Gasteiger partial charge in [-0.1, -0.05) is 6.92 Å². The van der Waals surface area contributed by atoms with Gasteiger partial charge in [-0.25, -0.2) is 8.78 Å². The van der Waals surface area contributed by atoms with Crippen LogP contribution in [0.25, 0.3) is 11.0 Å². The highest BCUT2D eigenvalue weighted by molar-refractivity contribution is 5.81. The largest absolute Gasteiger partial charge is 0.464 e. The smallest absolute Gasteiger partial charge is 0.166 e. The maximum atomic E-state index is 14.1. The Morgan fingerprint density at radius 1 is 1.39 bits per heavy atom. The minimum atomic E-state index is -0.787. The maximum absolute atomic E-state index is 14.1. The summed E-state index contributed by atoms with van der Waals surface area (Å²) in [7, 11) is 0. The molecule has 1 aliphatic heterocycles. The molecule has 1 fully saturated rings. The minimum absolute atomic E-state index is 0.00981. The lowest BCUT2D eigenvalue weighted by Crippen LogP contribution is -2.34. The predicted molar refractivity (Wildman–Crippen MR) is 65.5 cm³/mol. The van der Waals surface area contributed by atoms with E-state index < -0.39 is 11.6 Å². The fourth-order valence-electron chi connectivity index (χ4n) is 2.85. The van der Waals surface area contributed by atoms with Gasteiger partial charge in [0.2, 0.25) is 0 Å². The van der Waals surface area contributed by atoms with Gasteiger partial charge < -0.3 is 9.73 Å². The molecule has 1 N–H and O–H groups in total. The second-order valence-electron chi connectivity index (χ2n) is 5.00. The topological polar surface area (TPSA) is 25.2 Å². The zero-order chi connectivity index (χ0) is 12.7. The van der Waals surface area contributed by atoms with E-state index in [1.165, 1.54) is 12.3 Å². The summed E-state index contributed by atoms with van der Waals surface area (Å²) >= 11 is 0. The van der Waals surface area contributed by atoms with Crippen molar-refractivity contribution in [3.63, 3.8) is 0 Å². The van der Waals surface area contributed by atoms with Crippen LogP contribution in [0.4, 0.5) is 8.78 Å². The molecule has 3 rings (SSSR count). The number of halogens is 2. The van der Waals surface area contributed by atoms with Gasteiger partial charge in [-0.05, 0) is 43.5 Å². The van der Waals surface area contributed by atoms with Crippen molar-refractivity contribution in [1.29, 1.82) is 0 Å². The first-order chi connectivity index (χ1) is 8.68. The number of piperidine rings is 1. The number of hydrogen-bond donors (Lipinski definition) is 1. The van der Waals surface area contributed by atoms with E-state index in [9.17, 15) is 8.78 Å². The zero-order valence-corrected chi connectivity index (χ0v) is 10.2. The Morgan fingerprint density at radius 3 is 3.00 bits per heavy atom. The summed E-state index contributed by atoms with van der Waals surface area (Å²) in [4.78, 5) is 0. The minimum Gasteiger partial charge on any atom is -0.464 e. The van der Waals surface area contributed by atoms with Gasteiger partial charge in [0.15, 0.2) is 11.6 Å². The molecule has 18 heavy (non-hydrogen) atoms. The Labute approximate surface area is 104 Å². The maximum Gasteiger partial charge on any atom is 0.166 e. The van der Waals surface area contributed by atoms with Crippen LogP contribution in [0.3, 0.4) is 0 Å². The van der Waals surface area contributed by atoms with Gasteiger partial charge in [0, 0.05) is 10.9 Å². The summed E-state index contributed by atoms with van der Waals surface area (Å²) in [6.45, 7) is 3.70. The molecule has 2 aromatic rings. The van der Waals surface area contributed by atoms with Crippen LogP contribution >= 0.6 is 0 Å². The second-order valence-corrected chi connectivity index (χ2v) is 5.00. The molecule has 2 heterocycles. The van der Waals surface area contributed by atoms with Gasteiger partial charge in [0.25, 0.3) is 0 Å². The molecule has 2 nitrogen and oxygen atoms in total. The SMILES string of the molecule is C[C@@H]1CNCC[C@@H]1c1c(F)c(F)cc2ccoc12. The quantitative estimate of drug-likeness (QED) is 0.840. The molecule has 96 valence electrons. The van der Waals surface area contributed by atoms with Crippen LogP contribution in [0.1, 0.15) is 24.8 Å². The van der Waals surface area contributed by atoms with Crippen LogP contribution in [-0.4, -0.2) is 13.1 Å². The first-order valence-electron chi connectivity index (χ1n) is 6.24. The van der Waals surface area contributed by atoms with Gasteiger partial charge in [-0.15, -0.1) is 0 Å². The number of hydrogen-bond acceptors (Lipinski definition) is 2. The van der Waals surface area contributed by atoms with Crippen molar-refractivity contribution < 1.29 is 13.2 Å². The molecule has 0 amide bonds. The molecule has 0 radical (unpaired) electrons. The first kappa shape index (κ1) is 11.7. The summed E-state index contributed by atoms with van der Waals surface area (Å²) in [6, 6.07) is 2.87. The third-order valence-corrected chi connectivity index (χ3v) is 3.82. The van der Waals surface area contributed by atoms with E-state index >= 15 is 0 Å². The van der Waals surface area contributed by atoms with E-state index in [-0.39, 0.29) is 11.8 Å². The summed E-state index contributed by atoms with van der Waals surface area (Å²) in [5.74, 6) is -1.26. The van der Waals surface area contributed by atoms with E-state index in [1.807, 2.05) is 0 Å². The molecule has 0 saturated carbocycles. The second kappa shape index (κ2) is 4.35. The monoisotopic (exact) mass is 251 g/mol. The van der Waals surface area contributed by atoms with Gasteiger partial charge in [-0.2, -0.15) is 0 Å². The lowest BCUT2D eigenvalue weighted by Gasteiger charge is -2.30. The Hall–Kier alpha value is -1.42. The highest BCUT2D eigenvalue weighted by Gasteiger charge is 2.29. The fraction of sp³-hybridized carbons (Fsp3) is 0.429. The van der Waals surface area contributed by atoms with Gasteiger partial charge in [0.05, 0.1) is 6.26 Å². The Balaban J connectivity index is 2.19. The number of rotatable bonds is 1. The van der Waals surface area contributed by atoms with Crippen molar-refractivity contribution in [2.24, 2.45) is 5.92 Å². The third-order valence-electron chi connectivity index (χ3n) is 3.82. The molecule has 0 unspecified atom stereocenters. The number of fused-ring (bicyclic) bond motifs is 1. The van der Waals surface area contributed by atoms with Crippen LogP contribution in [0.2, 0.25) is 0 Å². The average molecular weight is 251 g/mol. The molecule has 1 aromatic carbocycles. The van der Waals surface area contributed by atoms with Crippen molar-refractivity contribution in [3.05, 3.63) is 35.6 Å². The van der Waals surface area contributed by atoms with E-state index in [1.54, 1.807) is 6.07 Å². The molecule has 1 aliphatic rings. The molecule has 1 saturated heterocycles. The number of furan rings is 1. The lowest BCUT2D eigenvalue weighted by molar-refractivity contribution is 0.337. The number of benzene rings is 1. The third kappa shape index (κ3) is 1.72. The molecular weight excluding hydrogens is 236 g/mol.